The molecule has 5 unspecified atom stereocenters. The van der Waals surface area contributed by atoms with Gasteiger partial charge in [0, 0.05) is 12.8 Å². The molecule has 3 saturated carbocycles. The monoisotopic (exact) mass is 1280 g/mol. The predicted octanol–water partition coefficient (Wildman–Crippen LogP) is -5.63. The third kappa shape index (κ3) is 14.5. The van der Waals surface area contributed by atoms with Gasteiger partial charge in [0.15, 0.2) is 31.5 Å². The molecule has 5 saturated heterocycles. The van der Waals surface area contributed by atoms with Gasteiger partial charge in [0.05, 0.1) is 48.8 Å². The van der Waals surface area contributed by atoms with E-state index in [-0.39, 0.29) is 84.7 Å². The summed E-state index contributed by atoms with van der Waals surface area (Å²) in [4.78, 5) is 13.2. The Morgan fingerprint density at radius 1 is 0.632 bits per heavy atom. The molecule has 34 atom stereocenters. The summed E-state index contributed by atoms with van der Waals surface area (Å²) in [5.41, 5.74) is -1.42. The van der Waals surface area contributed by atoms with Crippen LogP contribution in [-0.2, 0) is 66.7 Å². The van der Waals surface area contributed by atoms with Crippen LogP contribution in [0.5, 0.6) is 0 Å². The normalized spacial score (nSPS) is 51.1. The van der Waals surface area contributed by atoms with E-state index >= 15 is 0 Å². The van der Waals surface area contributed by atoms with E-state index in [9.17, 15) is 84.1 Å². The summed E-state index contributed by atoms with van der Waals surface area (Å²) in [5.74, 6) is -1.03. The number of hydrogen-bond donors (Lipinski definition) is 13. The van der Waals surface area contributed by atoms with E-state index in [2.05, 4.69) is 13.0 Å². The third-order valence-electron chi connectivity index (χ3n) is 20.6. The molecule has 13 N–H and O–H groups in total. The van der Waals surface area contributed by atoms with Gasteiger partial charge in [0.25, 0.3) is 0 Å². The van der Waals surface area contributed by atoms with Crippen molar-refractivity contribution in [3.8, 4) is 0 Å². The summed E-state index contributed by atoms with van der Waals surface area (Å²) in [7, 11) is -5.16. The van der Waals surface area contributed by atoms with Crippen LogP contribution in [0.4, 0.5) is 0 Å². The molecule has 5 aliphatic heterocycles. The van der Waals surface area contributed by atoms with Crippen molar-refractivity contribution in [3.63, 3.8) is 0 Å². The van der Waals surface area contributed by atoms with Crippen LogP contribution in [0.15, 0.2) is 11.6 Å². The largest absolute Gasteiger partial charge is 1.00 e. The average molecular weight is 1280 g/mol. The van der Waals surface area contributed by atoms with Gasteiger partial charge >= 0.3 is 29.6 Å². The zero-order valence-electron chi connectivity index (χ0n) is 51.0. The van der Waals surface area contributed by atoms with Crippen molar-refractivity contribution in [2.24, 2.45) is 40.4 Å². The molecular formula is C57H93NaO28S. The molecule has 4 aliphatic carbocycles. The van der Waals surface area contributed by atoms with Crippen LogP contribution < -0.4 is 29.6 Å². The van der Waals surface area contributed by atoms with Crippen LogP contribution in [0.25, 0.3) is 0 Å². The van der Waals surface area contributed by atoms with E-state index in [1.165, 1.54) is 27.7 Å². The molecule has 0 aromatic heterocycles. The van der Waals surface area contributed by atoms with Crippen molar-refractivity contribution >= 4 is 16.2 Å². The number of fused-ring (bicyclic) bond motifs is 5. The van der Waals surface area contributed by atoms with Crippen LogP contribution in [0, 0.1) is 40.4 Å². The van der Waals surface area contributed by atoms with Gasteiger partial charge in [-0.05, 0) is 120 Å². The SMILES string of the molecule is CC(C)CC(=O)C[C@@](C)(O)[C@H]1CC[C@H]2[C@@H]3C[C@H](OC4O[C@H](CO)[C@@H](O)[C@H](OC5O[C@H](C)[C@@H](OC6O[C@H](C)[C@@H](O)[C@H](O)[C@H]6OC6O[C@H](C)[C@H](O)[C@H](O)[C@H]6O)[C@H](O)[C@H]5OC5O[C@H](C)[C@@H](O)[C@H](O)[C@H]5O)[C@H]4O)[C@H]4C[C@@H](OS(=O)(=O)[O-])CC[C@]4(C)C3=CC[C@@]21C.[Na+]. The fourth-order valence-electron chi connectivity index (χ4n) is 16.0. The minimum atomic E-state index is -5.16. The van der Waals surface area contributed by atoms with Crippen molar-refractivity contribution in [3.05, 3.63) is 11.6 Å². The van der Waals surface area contributed by atoms with Gasteiger partial charge in [-0.3, -0.25) is 8.98 Å². The van der Waals surface area contributed by atoms with Gasteiger partial charge in [-0.1, -0.05) is 39.3 Å². The first-order valence-electron chi connectivity index (χ1n) is 30.3. The van der Waals surface area contributed by atoms with Gasteiger partial charge in [-0.2, -0.15) is 0 Å². The summed E-state index contributed by atoms with van der Waals surface area (Å²) >= 11 is 0. The number of ether oxygens (including phenoxy) is 10. The summed E-state index contributed by atoms with van der Waals surface area (Å²) in [5, 5.41) is 147. The molecule has 0 radical (unpaired) electrons. The summed E-state index contributed by atoms with van der Waals surface area (Å²) < 4.78 is 103. The van der Waals surface area contributed by atoms with Crippen molar-refractivity contribution in [2.45, 2.75) is 291 Å². The minimum Gasteiger partial charge on any atom is -0.726 e. The Bertz CT molecular complexity index is 2460. The molecule has 87 heavy (non-hydrogen) atoms. The second-order valence-corrected chi connectivity index (χ2v) is 28.1. The van der Waals surface area contributed by atoms with E-state index in [4.69, 9.17) is 51.6 Å². The van der Waals surface area contributed by atoms with Crippen molar-refractivity contribution in [1.29, 1.82) is 0 Å². The first kappa shape index (κ1) is 72.2. The van der Waals surface area contributed by atoms with Crippen molar-refractivity contribution < 1.29 is 165 Å². The Labute approximate surface area is 528 Å². The summed E-state index contributed by atoms with van der Waals surface area (Å²) in [6.45, 7) is 14.5. The maximum atomic E-state index is 13.2. The summed E-state index contributed by atoms with van der Waals surface area (Å²) in [6, 6.07) is 0. The maximum absolute atomic E-state index is 13.2. The number of carbonyl (C=O) groups excluding carboxylic acids is 1. The van der Waals surface area contributed by atoms with E-state index < -0.39 is 205 Å². The van der Waals surface area contributed by atoms with Gasteiger partial charge in [0.2, 0.25) is 10.4 Å². The topological polar surface area (TPSA) is 439 Å². The molecule has 5 heterocycles. The number of allylic oxidation sites excluding steroid dienone is 2. The predicted molar refractivity (Wildman–Crippen MR) is 288 cm³/mol. The van der Waals surface area contributed by atoms with Gasteiger partial charge < -0.3 is 118 Å². The number of carbonyl (C=O) groups is 1. The van der Waals surface area contributed by atoms with E-state index in [1.54, 1.807) is 6.92 Å². The number of hydrogen-bond acceptors (Lipinski definition) is 28. The summed E-state index contributed by atoms with van der Waals surface area (Å²) in [6.07, 6.45) is -39.3. The number of Topliss-reactive ketones (excluding diaryl/α,β-unsaturated/α-hetero) is 1. The molecule has 0 amide bonds. The van der Waals surface area contributed by atoms with Crippen LogP contribution in [0.3, 0.4) is 0 Å². The standard InChI is InChI=1S/C57H94O28S.Na/c1-21(2)16-26(59)19-57(9,71)34-11-10-29-28-18-32(31-17-27(85-86(72,73)74)12-14-55(31,7)30(28)13-15-56(29,34)8)79-52-45(70)47(38(63)33(20-58)80-52)82-54-49(84-51-43(68)40(65)36(61)23(4)76-51)44(69)46(25(6)78-54)81-53-48(41(66)37(62)24(5)77-53)83-50-42(67)39(64)35(60)22(3)75-50;/h13,21-25,27-29,31-54,58,60-71H,10-12,14-20H2,1-9H3,(H,72,73,74);/q;+1/p-1/t22-,23-,24-,25-,27+,28+,29+,31-,32+,33-,34+,35+,36-,37-,38-,39+,40+,41+,42-,43-,44+,45-,46-,47+,48-,49-,50?,51?,52?,53?,54?,55-,56+,57-;/m1./s1. The van der Waals surface area contributed by atoms with Crippen molar-refractivity contribution in [1.82, 2.24) is 0 Å². The van der Waals surface area contributed by atoms with Crippen LogP contribution in [-0.4, -0.2) is 263 Å². The quantitative estimate of drug-likeness (QED) is 0.0263. The fraction of sp³-hybridized carbons (Fsp3) is 0.947. The molecule has 28 nitrogen and oxygen atoms in total. The van der Waals surface area contributed by atoms with Gasteiger partial charge in [-0.15, -0.1) is 0 Å². The maximum Gasteiger partial charge on any atom is 1.00 e. The smallest absolute Gasteiger partial charge is 0.726 e. The average Bonchev–Trinajstić information content (AvgIpc) is 1.70. The number of aliphatic hydroxyl groups is 13. The van der Waals surface area contributed by atoms with Crippen LogP contribution in [0.1, 0.15) is 120 Å². The first-order chi connectivity index (χ1) is 40.1. The molecule has 9 rings (SSSR count). The van der Waals surface area contributed by atoms with E-state index in [1.807, 2.05) is 20.8 Å². The first-order valence-corrected chi connectivity index (χ1v) is 31.7. The van der Waals surface area contributed by atoms with Gasteiger partial charge in [-0.25, -0.2) is 8.42 Å². The Morgan fingerprint density at radius 2 is 1.14 bits per heavy atom. The minimum absolute atomic E-state index is 0. The molecule has 30 heteroatoms. The second kappa shape index (κ2) is 28.0. The second-order valence-electron chi connectivity index (χ2n) is 27.1. The molecule has 496 valence electrons. The van der Waals surface area contributed by atoms with Crippen molar-refractivity contribution in [2.75, 3.05) is 6.61 Å². The molecule has 9 aliphatic rings. The number of rotatable bonds is 18. The Balaban J connectivity index is 0.00000982. The number of ketones is 1. The van der Waals surface area contributed by atoms with E-state index in [0.29, 0.717) is 32.1 Å². The molecule has 0 spiro atoms. The Hall–Kier alpha value is -0.640. The Morgan fingerprint density at radius 3 is 1.69 bits per heavy atom. The Kier molecular flexibility index (Phi) is 23.2. The molecule has 0 bridgehead atoms. The molecule has 0 aromatic carbocycles. The number of aliphatic hydroxyl groups excluding tert-OH is 12. The molecule has 0 aromatic rings. The molecular weight excluding hydrogens is 1190 g/mol. The molecule has 8 fully saturated rings. The van der Waals surface area contributed by atoms with E-state index in [0.717, 1.165) is 5.57 Å². The van der Waals surface area contributed by atoms with Crippen LogP contribution >= 0.6 is 0 Å². The fourth-order valence-corrected chi connectivity index (χ4v) is 16.6. The van der Waals surface area contributed by atoms with Crippen LogP contribution in [0.2, 0.25) is 0 Å². The third-order valence-corrected chi connectivity index (χ3v) is 21.1. The zero-order valence-corrected chi connectivity index (χ0v) is 53.8. The van der Waals surface area contributed by atoms with Gasteiger partial charge in [0.1, 0.15) is 103 Å². The zero-order chi connectivity index (χ0) is 63.2.